The summed E-state index contributed by atoms with van der Waals surface area (Å²) >= 11 is 0. The Hall–Kier alpha value is -0.400. The maximum atomic E-state index is 9.93. The molecule has 0 aromatic rings. The van der Waals surface area contributed by atoms with Crippen LogP contribution in [0.5, 0.6) is 0 Å². The van der Waals surface area contributed by atoms with Crippen molar-refractivity contribution in [2.45, 2.75) is 68.3 Å². The second kappa shape index (κ2) is 7.01. The fraction of sp³-hybridized carbons (Fsp3) is 1.00. The molecule has 10 nitrogen and oxygen atoms in total. The highest BCUT2D eigenvalue weighted by Gasteiger charge is 2.49. The van der Waals surface area contributed by atoms with Crippen molar-refractivity contribution in [2.24, 2.45) is 0 Å². The van der Waals surface area contributed by atoms with Crippen LogP contribution in [-0.4, -0.2) is 104 Å². The van der Waals surface area contributed by atoms with Gasteiger partial charge in [-0.25, -0.2) is 0 Å². The van der Waals surface area contributed by atoms with Crippen molar-refractivity contribution in [3.05, 3.63) is 0 Å². The Bertz CT molecular complexity index is 368. The zero-order valence-electron chi connectivity index (χ0n) is 11.8. The first-order valence-corrected chi connectivity index (χ1v) is 6.93. The summed E-state index contributed by atoms with van der Waals surface area (Å²) in [6.45, 7) is 0.823. The lowest BCUT2D eigenvalue weighted by molar-refractivity contribution is -0.358. The van der Waals surface area contributed by atoms with Gasteiger partial charge in [0.15, 0.2) is 12.6 Å². The van der Waals surface area contributed by atoms with Crippen LogP contribution in [0, 0.1) is 0 Å². The summed E-state index contributed by atoms with van der Waals surface area (Å²) in [7, 11) is 0. The molecule has 0 saturated carbocycles. The van der Waals surface area contributed by atoms with E-state index >= 15 is 0 Å². The summed E-state index contributed by atoms with van der Waals surface area (Å²) in [5, 5.41) is 67.5. The average Bonchev–Trinajstić information content (AvgIpc) is 2.49. The predicted octanol–water partition coefficient (Wildman–Crippen LogP) is -4.37. The lowest BCUT2D eigenvalue weighted by Gasteiger charge is -2.44. The van der Waals surface area contributed by atoms with Gasteiger partial charge < -0.3 is 50.0 Å². The Morgan fingerprint density at radius 3 is 2.05 bits per heavy atom. The maximum Gasteiger partial charge on any atom is 0.187 e. The summed E-state index contributed by atoms with van der Waals surface area (Å²) in [5.41, 5.74) is 0. The molecule has 2 saturated heterocycles. The van der Waals surface area contributed by atoms with Crippen LogP contribution in [0.4, 0.5) is 0 Å². The Balaban J connectivity index is 2.06. The third-order valence-corrected chi connectivity index (χ3v) is 3.94. The summed E-state index contributed by atoms with van der Waals surface area (Å²) in [5.74, 6) is 0. The average molecular weight is 326 g/mol. The SMILES string of the molecule is C[C@@H]1O[C@H](O[C@@H]2[C@@H](O)[C@@H](O)[C@@H](CO)O[C@H]2O)[C@@H](O)[C@H](O)[C@H]1O. The monoisotopic (exact) mass is 326 g/mol. The second-order valence-electron chi connectivity index (χ2n) is 5.51. The molecular weight excluding hydrogens is 304 g/mol. The molecule has 2 fully saturated rings. The third kappa shape index (κ3) is 3.26. The Morgan fingerprint density at radius 1 is 0.818 bits per heavy atom. The molecule has 0 radical (unpaired) electrons. The molecule has 2 heterocycles. The highest BCUT2D eigenvalue weighted by molar-refractivity contribution is 4.92. The molecule has 0 aromatic heterocycles. The molecule has 2 rings (SSSR count). The van der Waals surface area contributed by atoms with E-state index in [9.17, 15) is 30.6 Å². The van der Waals surface area contributed by atoms with Crippen LogP contribution in [-0.2, 0) is 14.2 Å². The van der Waals surface area contributed by atoms with Crippen LogP contribution in [0.3, 0.4) is 0 Å². The van der Waals surface area contributed by atoms with Crippen LogP contribution >= 0.6 is 0 Å². The minimum absolute atomic E-state index is 0.619. The van der Waals surface area contributed by atoms with Crippen LogP contribution < -0.4 is 0 Å². The van der Waals surface area contributed by atoms with Gasteiger partial charge in [-0.05, 0) is 6.92 Å². The molecule has 0 unspecified atom stereocenters. The van der Waals surface area contributed by atoms with Crippen molar-refractivity contribution in [3.8, 4) is 0 Å². The molecule has 0 bridgehead atoms. The lowest BCUT2D eigenvalue weighted by Crippen LogP contribution is -2.63. The number of hydrogen-bond donors (Lipinski definition) is 7. The zero-order chi connectivity index (χ0) is 16.6. The van der Waals surface area contributed by atoms with Gasteiger partial charge in [-0.2, -0.15) is 0 Å². The van der Waals surface area contributed by atoms with Gasteiger partial charge in [0.25, 0.3) is 0 Å². The smallest absolute Gasteiger partial charge is 0.187 e. The Kier molecular flexibility index (Phi) is 5.72. The Morgan fingerprint density at radius 2 is 1.45 bits per heavy atom. The largest absolute Gasteiger partial charge is 0.394 e. The van der Waals surface area contributed by atoms with Crippen molar-refractivity contribution < 1.29 is 50.0 Å². The topological polar surface area (TPSA) is 169 Å². The molecule has 0 aliphatic carbocycles. The molecule has 10 atom stereocenters. The first-order valence-electron chi connectivity index (χ1n) is 6.93. The number of rotatable bonds is 3. The van der Waals surface area contributed by atoms with Crippen molar-refractivity contribution in [1.29, 1.82) is 0 Å². The molecular formula is C12H22O10. The molecule has 2 aliphatic rings. The zero-order valence-corrected chi connectivity index (χ0v) is 11.8. The normalized spacial score (nSPS) is 53.5. The van der Waals surface area contributed by atoms with Crippen LogP contribution in [0.1, 0.15) is 6.92 Å². The maximum absolute atomic E-state index is 9.93. The van der Waals surface area contributed by atoms with E-state index in [0.29, 0.717) is 0 Å². The number of aliphatic hydroxyl groups excluding tert-OH is 7. The first-order chi connectivity index (χ1) is 10.3. The van der Waals surface area contributed by atoms with Crippen molar-refractivity contribution in [3.63, 3.8) is 0 Å². The van der Waals surface area contributed by atoms with E-state index < -0.39 is 68.0 Å². The van der Waals surface area contributed by atoms with E-state index in [2.05, 4.69) is 0 Å². The van der Waals surface area contributed by atoms with Crippen LogP contribution in [0.15, 0.2) is 0 Å². The summed E-state index contributed by atoms with van der Waals surface area (Å²) in [4.78, 5) is 0. The van der Waals surface area contributed by atoms with Gasteiger partial charge >= 0.3 is 0 Å². The number of hydrogen-bond acceptors (Lipinski definition) is 10. The molecule has 130 valence electrons. The van der Waals surface area contributed by atoms with Gasteiger partial charge in [-0.3, -0.25) is 0 Å². The predicted molar refractivity (Wildman–Crippen MR) is 67.2 cm³/mol. The molecule has 22 heavy (non-hydrogen) atoms. The third-order valence-electron chi connectivity index (χ3n) is 3.94. The van der Waals surface area contributed by atoms with E-state index in [1.807, 2.05) is 0 Å². The van der Waals surface area contributed by atoms with E-state index in [4.69, 9.17) is 19.3 Å². The van der Waals surface area contributed by atoms with Crippen LogP contribution in [0.2, 0.25) is 0 Å². The van der Waals surface area contributed by atoms with Gasteiger partial charge in [0.1, 0.15) is 42.7 Å². The molecule has 0 amide bonds. The van der Waals surface area contributed by atoms with Gasteiger partial charge in [0, 0.05) is 0 Å². The molecule has 10 heteroatoms. The minimum atomic E-state index is -1.69. The van der Waals surface area contributed by atoms with Gasteiger partial charge in [0.2, 0.25) is 0 Å². The van der Waals surface area contributed by atoms with Crippen molar-refractivity contribution in [1.82, 2.24) is 0 Å². The number of ether oxygens (including phenoxy) is 3. The van der Waals surface area contributed by atoms with E-state index in [0.717, 1.165) is 0 Å². The van der Waals surface area contributed by atoms with Gasteiger partial charge in [-0.1, -0.05) is 0 Å². The standard InChI is InChI=1S/C12H22O10/c1-3-5(14)7(16)9(18)12(20-3)22-10-8(17)6(15)4(2-13)21-11(10)19/h3-19H,2H2,1H3/t3-,4+,5-,6-,7+,8-,9-,10+,11+,12+/m0/s1. The van der Waals surface area contributed by atoms with E-state index in [-0.39, 0.29) is 0 Å². The molecule has 7 N–H and O–H groups in total. The van der Waals surface area contributed by atoms with E-state index in [1.165, 1.54) is 6.92 Å². The summed E-state index contributed by atoms with van der Waals surface area (Å²) in [6, 6.07) is 0. The fourth-order valence-corrected chi connectivity index (χ4v) is 2.50. The fourth-order valence-electron chi connectivity index (χ4n) is 2.50. The Labute approximate surface area is 126 Å². The van der Waals surface area contributed by atoms with Crippen molar-refractivity contribution in [2.75, 3.05) is 6.61 Å². The van der Waals surface area contributed by atoms with Gasteiger partial charge in [0.05, 0.1) is 12.7 Å². The summed E-state index contributed by atoms with van der Waals surface area (Å²) < 4.78 is 15.3. The minimum Gasteiger partial charge on any atom is -0.394 e. The van der Waals surface area contributed by atoms with E-state index in [1.54, 1.807) is 0 Å². The molecule has 0 spiro atoms. The molecule has 0 aromatic carbocycles. The lowest BCUT2D eigenvalue weighted by atomic mass is 9.97. The summed E-state index contributed by atoms with van der Waals surface area (Å²) in [6.07, 6.45) is -14.3. The van der Waals surface area contributed by atoms with Crippen molar-refractivity contribution >= 4 is 0 Å². The van der Waals surface area contributed by atoms with Crippen LogP contribution in [0.25, 0.3) is 0 Å². The second-order valence-corrected chi connectivity index (χ2v) is 5.51. The first kappa shape index (κ1) is 17.9. The number of aliphatic hydroxyl groups is 7. The highest BCUT2D eigenvalue weighted by atomic mass is 16.7. The highest BCUT2D eigenvalue weighted by Crippen LogP contribution is 2.28. The quantitative estimate of drug-likeness (QED) is 0.269. The molecule has 2 aliphatic heterocycles. The van der Waals surface area contributed by atoms with Gasteiger partial charge in [-0.15, -0.1) is 0 Å².